The molecular formula is C58H51N3O2. The zero-order chi connectivity index (χ0) is 44.1. The fourth-order valence-electron chi connectivity index (χ4n) is 8.55. The second-order valence-electron chi connectivity index (χ2n) is 16.8. The zero-order valence-electron chi connectivity index (χ0n) is 37.6. The van der Waals surface area contributed by atoms with Gasteiger partial charge < -0.3 is 9.15 Å². The molecule has 0 aliphatic rings. The molecule has 0 unspecified atom stereocenters. The van der Waals surface area contributed by atoms with Gasteiger partial charge in [0.15, 0.2) is 5.58 Å². The third kappa shape index (κ3) is 7.54. The van der Waals surface area contributed by atoms with Crippen molar-refractivity contribution in [2.75, 3.05) is 0 Å². The van der Waals surface area contributed by atoms with E-state index in [4.69, 9.17) is 19.1 Å². The lowest BCUT2D eigenvalue weighted by Gasteiger charge is -2.20. The van der Waals surface area contributed by atoms with E-state index in [1.807, 2.05) is 18.2 Å². The van der Waals surface area contributed by atoms with Gasteiger partial charge in [-0.05, 0) is 177 Å². The Morgan fingerprint density at radius 3 is 1.51 bits per heavy atom. The highest BCUT2D eigenvalue weighted by Crippen LogP contribution is 2.38. The first-order chi connectivity index (χ1) is 30.4. The van der Waals surface area contributed by atoms with Crippen molar-refractivity contribution in [2.45, 2.75) is 62.3 Å². The average Bonchev–Trinajstić information content (AvgIpc) is 3.79. The lowest BCUT2D eigenvalue weighted by atomic mass is 9.94. The van der Waals surface area contributed by atoms with E-state index < -0.39 is 0 Å². The van der Waals surface area contributed by atoms with Crippen molar-refractivity contribution in [3.8, 4) is 73.2 Å². The van der Waals surface area contributed by atoms with Gasteiger partial charge in [-0.15, -0.1) is 0 Å². The van der Waals surface area contributed by atoms with Crippen LogP contribution in [-0.2, 0) is 0 Å². The van der Waals surface area contributed by atoms with Gasteiger partial charge in [-0.3, -0.25) is 4.98 Å². The van der Waals surface area contributed by atoms with Gasteiger partial charge in [0.05, 0.1) is 17.1 Å². The van der Waals surface area contributed by atoms with Crippen molar-refractivity contribution >= 4 is 16.9 Å². The molecule has 3 heterocycles. The topological polar surface area (TPSA) is 61.0 Å². The van der Waals surface area contributed by atoms with Crippen molar-refractivity contribution in [3.63, 3.8) is 0 Å². The van der Waals surface area contributed by atoms with Crippen molar-refractivity contribution in [1.82, 2.24) is 15.0 Å². The molecule has 6 aromatic carbocycles. The predicted octanol–water partition coefficient (Wildman–Crippen LogP) is 15.4. The molecule has 0 atom stereocenters. The lowest BCUT2D eigenvalue weighted by molar-refractivity contribution is 0.506. The van der Waals surface area contributed by atoms with Crippen molar-refractivity contribution < 1.29 is 9.15 Å². The number of hydrogen-bond donors (Lipinski definition) is 0. The lowest BCUT2D eigenvalue weighted by Crippen LogP contribution is -2.03. The minimum Gasteiger partial charge on any atom is -0.457 e. The van der Waals surface area contributed by atoms with Gasteiger partial charge in [-0.1, -0.05) is 97.6 Å². The second kappa shape index (κ2) is 16.5. The normalized spacial score (nSPS) is 11.3. The Bertz CT molecular complexity index is 3120. The SMILES string of the molecule is C=C(Oc1c(C)c(C)c(C)c(C)c1C)c1ccc(-c2ccc(-c3nc(-c4ccccn4)ccc3-c3ccc(-c4ccc(-c5nc6c(C)c(C)c(C)c(C)c6o5)cc4)cc3)cc2)cc1. The number of ether oxygens (including phenoxy) is 1. The predicted molar refractivity (Wildman–Crippen MR) is 261 cm³/mol. The summed E-state index contributed by atoms with van der Waals surface area (Å²) < 4.78 is 12.8. The van der Waals surface area contributed by atoms with E-state index in [0.29, 0.717) is 11.6 Å². The molecule has 0 saturated heterocycles. The van der Waals surface area contributed by atoms with Gasteiger partial charge in [0.25, 0.3) is 0 Å². The standard InChI is InChI=1S/C58H51N3O2/c1-33-35(3)39(7)56(40(8)36(33)4)62-42(10)43-14-16-44(17-15-43)46-20-26-49(27-21-46)55-51(30-31-53(60-55)52-13-11-12-32-59-52)48-24-18-45(19-25-48)47-22-28-50(29-23-47)58-61-54-38(6)34(2)37(5)41(9)57(54)63-58/h11-32H,10H2,1-9H3. The summed E-state index contributed by atoms with van der Waals surface area (Å²) in [4.78, 5) is 14.8. The van der Waals surface area contributed by atoms with E-state index in [9.17, 15) is 0 Å². The van der Waals surface area contributed by atoms with Crippen molar-refractivity contribution in [3.05, 3.63) is 196 Å². The highest BCUT2D eigenvalue weighted by molar-refractivity contribution is 5.86. The van der Waals surface area contributed by atoms with E-state index in [-0.39, 0.29) is 0 Å². The van der Waals surface area contributed by atoms with Crippen molar-refractivity contribution in [1.29, 1.82) is 0 Å². The fourth-order valence-corrected chi connectivity index (χ4v) is 8.55. The summed E-state index contributed by atoms with van der Waals surface area (Å²) in [6, 6.07) is 44.4. The largest absolute Gasteiger partial charge is 0.457 e. The average molecular weight is 822 g/mol. The maximum atomic E-state index is 6.44. The molecule has 5 heteroatoms. The second-order valence-corrected chi connectivity index (χ2v) is 16.8. The minimum absolute atomic E-state index is 0.634. The molecule has 9 aromatic rings. The molecule has 0 aliphatic heterocycles. The summed E-state index contributed by atoms with van der Waals surface area (Å²) in [5.41, 5.74) is 24.9. The summed E-state index contributed by atoms with van der Waals surface area (Å²) in [5, 5.41) is 0. The highest BCUT2D eigenvalue weighted by Gasteiger charge is 2.19. The quantitative estimate of drug-likeness (QED) is 0.136. The maximum absolute atomic E-state index is 6.44. The van der Waals surface area contributed by atoms with E-state index in [2.05, 4.69) is 183 Å². The summed E-state index contributed by atoms with van der Waals surface area (Å²) in [6.07, 6.45) is 1.81. The van der Waals surface area contributed by atoms with Gasteiger partial charge >= 0.3 is 0 Å². The van der Waals surface area contributed by atoms with E-state index in [1.54, 1.807) is 6.20 Å². The minimum atomic E-state index is 0.634. The molecule has 0 bridgehead atoms. The Morgan fingerprint density at radius 2 is 0.937 bits per heavy atom. The summed E-state index contributed by atoms with van der Waals surface area (Å²) in [7, 11) is 0. The number of rotatable bonds is 9. The number of pyridine rings is 2. The molecule has 0 radical (unpaired) electrons. The molecule has 0 fully saturated rings. The van der Waals surface area contributed by atoms with Crippen LogP contribution in [0.2, 0.25) is 0 Å². The van der Waals surface area contributed by atoms with Crippen LogP contribution in [0.3, 0.4) is 0 Å². The third-order valence-electron chi connectivity index (χ3n) is 13.3. The molecule has 63 heavy (non-hydrogen) atoms. The molecule has 310 valence electrons. The Hall–Kier alpha value is -7.37. The van der Waals surface area contributed by atoms with Crippen LogP contribution >= 0.6 is 0 Å². The molecule has 5 nitrogen and oxygen atoms in total. The fraction of sp³-hybridized carbons (Fsp3) is 0.155. The van der Waals surface area contributed by atoms with Crippen LogP contribution in [0.1, 0.15) is 55.6 Å². The first-order valence-corrected chi connectivity index (χ1v) is 21.5. The van der Waals surface area contributed by atoms with Crippen LogP contribution in [-0.4, -0.2) is 15.0 Å². The molecule has 0 spiro atoms. The monoisotopic (exact) mass is 821 g/mol. The van der Waals surface area contributed by atoms with Crippen molar-refractivity contribution in [2.24, 2.45) is 0 Å². The summed E-state index contributed by atoms with van der Waals surface area (Å²) in [6.45, 7) is 23.6. The smallest absolute Gasteiger partial charge is 0.227 e. The van der Waals surface area contributed by atoms with E-state index in [0.717, 1.165) is 101 Å². The zero-order valence-corrected chi connectivity index (χ0v) is 37.6. The van der Waals surface area contributed by atoms with Gasteiger partial charge in [0, 0.05) is 28.5 Å². The molecule has 9 rings (SSSR count). The number of aryl methyl sites for hydroxylation is 2. The third-order valence-corrected chi connectivity index (χ3v) is 13.3. The highest BCUT2D eigenvalue weighted by atomic mass is 16.5. The van der Waals surface area contributed by atoms with Crippen LogP contribution in [0, 0.1) is 62.3 Å². The molecule has 0 saturated carbocycles. The molecule has 0 aliphatic carbocycles. The number of aromatic nitrogens is 3. The number of nitrogens with zero attached hydrogens (tertiary/aromatic N) is 3. The molecule has 3 aromatic heterocycles. The summed E-state index contributed by atoms with van der Waals surface area (Å²) in [5.74, 6) is 2.17. The first-order valence-electron chi connectivity index (χ1n) is 21.5. The van der Waals surface area contributed by atoms with E-state index >= 15 is 0 Å². The number of oxazole rings is 1. The van der Waals surface area contributed by atoms with Gasteiger partial charge in [0.1, 0.15) is 17.0 Å². The van der Waals surface area contributed by atoms with Crippen LogP contribution in [0.25, 0.3) is 84.3 Å². The van der Waals surface area contributed by atoms with Crippen LogP contribution in [0.15, 0.2) is 145 Å². The molecular weight excluding hydrogens is 771 g/mol. The molecule has 0 amide bonds. The van der Waals surface area contributed by atoms with Gasteiger partial charge in [-0.2, -0.15) is 0 Å². The van der Waals surface area contributed by atoms with Crippen LogP contribution in [0.4, 0.5) is 0 Å². The molecule has 0 N–H and O–H groups in total. The Kier molecular flexibility index (Phi) is 10.7. The number of benzene rings is 6. The number of fused-ring (bicyclic) bond motifs is 1. The Morgan fingerprint density at radius 1 is 0.444 bits per heavy atom. The van der Waals surface area contributed by atoms with Gasteiger partial charge in [0.2, 0.25) is 5.89 Å². The van der Waals surface area contributed by atoms with Gasteiger partial charge in [-0.25, -0.2) is 9.97 Å². The number of hydrogen-bond acceptors (Lipinski definition) is 5. The Balaban J connectivity index is 0.975. The first kappa shape index (κ1) is 41.0. The maximum Gasteiger partial charge on any atom is 0.227 e. The van der Waals surface area contributed by atoms with E-state index in [1.165, 1.54) is 33.4 Å². The Labute approximate surface area is 370 Å². The van der Waals surface area contributed by atoms with Crippen LogP contribution in [0.5, 0.6) is 5.75 Å². The van der Waals surface area contributed by atoms with Crippen LogP contribution < -0.4 is 4.74 Å². The summed E-state index contributed by atoms with van der Waals surface area (Å²) >= 11 is 0.